The van der Waals surface area contributed by atoms with E-state index in [0.29, 0.717) is 0 Å². The van der Waals surface area contributed by atoms with Gasteiger partial charge in [0.1, 0.15) is 11.9 Å². The fourth-order valence-electron chi connectivity index (χ4n) is 2.45. The monoisotopic (exact) mass is 220 g/mol. The number of H-pyrrole nitrogens is 1. The van der Waals surface area contributed by atoms with E-state index in [1.165, 1.54) is 17.3 Å². The first kappa shape index (κ1) is 10.9. The lowest BCUT2D eigenvalue weighted by Gasteiger charge is -2.28. The van der Waals surface area contributed by atoms with Gasteiger partial charge in [0, 0.05) is 0 Å². The summed E-state index contributed by atoms with van der Waals surface area (Å²) in [4.78, 5) is 11.6. The summed E-state index contributed by atoms with van der Waals surface area (Å²) in [7, 11) is 0. The molecule has 0 atom stereocenters. The van der Waals surface area contributed by atoms with Crippen molar-refractivity contribution in [3.63, 3.8) is 0 Å². The van der Waals surface area contributed by atoms with Gasteiger partial charge in [-0.2, -0.15) is 10.4 Å². The standard InChI is InChI=1S/C11H16N4O/c12-8-11(15-9-13-14-10(15)16)6-4-2-1-3-5-7-11/h9H,1-7H2,(H,14,16). The first-order valence-electron chi connectivity index (χ1n) is 5.82. The van der Waals surface area contributed by atoms with Crippen molar-refractivity contribution in [2.75, 3.05) is 0 Å². The number of nitriles is 1. The van der Waals surface area contributed by atoms with Gasteiger partial charge in [-0.05, 0) is 12.8 Å². The first-order chi connectivity index (χ1) is 7.78. The third-order valence-corrected chi connectivity index (χ3v) is 3.40. The Labute approximate surface area is 94.1 Å². The van der Waals surface area contributed by atoms with E-state index < -0.39 is 5.54 Å². The van der Waals surface area contributed by atoms with E-state index in [1.807, 2.05) is 0 Å². The maximum Gasteiger partial charge on any atom is 0.344 e. The van der Waals surface area contributed by atoms with E-state index in [4.69, 9.17) is 0 Å². The number of aromatic nitrogens is 3. The van der Waals surface area contributed by atoms with Gasteiger partial charge in [-0.3, -0.25) is 4.57 Å². The molecule has 16 heavy (non-hydrogen) atoms. The zero-order valence-electron chi connectivity index (χ0n) is 9.28. The Hall–Kier alpha value is -1.57. The Morgan fingerprint density at radius 1 is 1.31 bits per heavy atom. The second-order valence-electron chi connectivity index (χ2n) is 4.44. The molecule has 0 spiro atoms. The highest BCUT2D eigenvalue weighted by atomic mass is 16.1. The molecule has 0 unspecified atom stereocenters. The summed E-state index contributed by atoms with van der Waals surface area (Å²) in [5, 5.41) is 15.5. The van der Waals surface area contributed by atoms with Crippen LogP contribution < -0.4 is 5.69 Å². The van der Waals surface area contributed by atoms with Crippen LogP contribution in [0.4, 0.5) is 0 Å². The third kappa shape index (κ3) is 1.87. The van der Waals surface area contributed by atoms with Gasteiger partial charge in [-0.15, -0.1) is 0 Å². The van der Waals surface area contributed by atoms with Crippen molar-refractivity contribution in [3.8, 4) is 6.07 Å². The highest BCUT2D eigenvalue weighted by Crippen LogP contribution is 2.31. The van der Waals surface area contributed by atoms with Crippen LogP contribution in [0.25, 0.3) is 0 Å². The molecule has 0 saturated heterocycles. The van der Waals surface area contributed by atoms with Gasteiger partial charge < -0.3 is 0 Å². The van der Waals surface area contributed by atoms with Gasteiger partial charge in [0.15, 0.2) is 0 Å². The van der Waals surface area contributed by atoms with E-state index in [2.05, 4.69) is 16.3 Å². The quantitative estimate of drug-likeness (QED) is 0.780. The molecule has 1 aliphatic rings. The molecule has 86 valence electrons. The number of nitrogens with zero attached hydrogens (tertiary/aromatic N) is 3. The number of nitrogens with one attached hydrogen (secondary N) is 1. The highest BCUT2D eigenvalue weighted by molar-refractivity contribution is 5.05. The Bertz CT molecular complexity index is 431. The smallest absolute Gasteiger partial charge is 0.262 e. The average Bonchev–Trinajstić information content (AvgIpc) is 2.66. The Morgan fingerprint density at radius 2 is 1.94 bits per heavy atom. The van der Waals surface area contributed by atoms with E-state index in [0.717, 1.165) is 38.5 Å². The van der Waals surface area contributed by atoms with Crippen LogP contribution in [0.1, 0.15) is 44.9 Å². The van der Waals surface area contributed by atoms with E-state index in [-0.39, 0.29) is 5.69 Å². The summed E-state index contributed by atoms with van der Waals surface area (Å²) in [6.07, 6.45) is 8.50. The summed E-state index contributed by atoms with van der Waals surface area (Å²) >= 11 is 0. The minimum atomic E-state index is -0.676. The van der Waals surface area contributed by atoms with Crippen molar-refractivity contribution in [2.24, 2.45) is 0 Å². The van der Waals surface area contributed by atoms with Crippen molar-refractivity contribution in [2.45, 2.75) is 50.5 Å². The molecule has 0 aliphatic heterocycles. The van der Waals surface area contributed by atoms with Crippen LogP contribution in [-0.4, -0.2) is 14.8 Å². The average molecular weight is 220 g/mol. The summed E-state index contributed by atoms with van der Waals surface area (Å²) in [5.41, 5.74) is -0.952. The van der Waals surface area contributed by atoms with Gasteiger partial charge in [0.05, 0.1) is 6.07 Å². The largest absolute Gasteiger partial charge is 0.344 e. The van der Waals surface area contributed by atoms with Crippen LogP contribution in [0.5, 0.6) is 0 Å². The normalized spacial score (nSPS) is 20.7. The SMILES string of the molecule is N#CC1(n2cn[nH]c2=O)CCCCCCC1. The minimum Gasteiger partial charge on any atom is -0.262 e. The lowest BCUT2D eigenvalue weighted by Crippen LogP contribution is -2.39. The summed E-state index contributed by atoms with van der Waals surface area (Å²) < 4.78 is 1.47. The minimum absolute atomic E-state index is 0.276. The summed E-state index contributed by atoms with van der Waals surface area (Å²) in [5.74, 6) is 0. The molecule has 2 rings (SSSR count). The molecule has 1 aliphatic carbocycles. The Kier molecular flexibility index (Phi) is 3.09. The van der Waals surface area contributed by atoms with Crippen LogP contribution in [0.15, 0.2) is 11.1 Å². The lowest BCUT2D eigenvalue weighted by atomic mass is 9.85. The topological polar surface area (TPSA) is 74.5 Å². The maximum absolute atomic E-state index is 11.6. The second-order valence-corrected chi connectivity index (χ2v) is 4.44. The molecule has 0 amide bonds. The molecular weight excluding hydrogens is 204 g/mol. The number of hydrogen-bond acceptors (Lipinski definition) is 3. The van der Waals surface area contributed by atoms with Crippen molar-refractivity contribution in [1.82, 2.24) is 14.8 Å². The van der Waals surface area contributed by atoms with Gasteiger partial charge in [-0.1, -0.05) is 32.1 Å². The zero-order chi connectivity index (χ0) is 11.4. The molecule has 1 heterocycles. The van der Waals surface area contributed by atoms with Crippen LogP contribution in [0.2, 0.25) is 0 Å². The van der Waals surface area contributed by atoms with E-state index >= 15 is 0 Å². The molecule has 1 N–H and O–H groups in total. The molecule has 0 radical (unpaired) electrons. The van der Waals surface area contributed by atoms with Gasteiger partial charge in [0.2, 0.25) is 0 Å². The van der Waals surface area contributed by atoms with Crippen LogP contribution >= 0.6 is 0 Å². The zero-order valence-corrected chi connectivity index (χ0v) is 9.28. The van der Waals surface area contributed by atoms with E-state index in [1.54, 1.807) is 0 Å². The molecule has 1 aromatic heterocycles. The summed E-state index contributed by atoms with van der Waals surface area (Å²) in [6.45, 7) is 0. The summed E-state index contributed by atoms with van der Waals surface area (Å²) in [6, 6.07) is 2.33. The van der Waals surface area contributed by atoms with Crippen molar-refractivity contribution >= 4 is 0 Å². The predicted octanol–water partition coefficient (Wildman–Crippen LogP) is 1.53. The van der Waals surface area contributed by atoms with Crippen molar-refractivity contribution < 1.29 is 0 Å². The molecule has 0 bridgehead atoms. The Morgan fingerprint density at radius 3 is 2.44 bits per heavy atom. The number of rotatable bonds is 1. The van der Waals surface area contributed by atoms with Crippen LogP contribution in [0.3, 0.4) is 0 Å². The molecule has 5 heteroatoms. The molecule has 1 aromatic rings. The molecule has 1 saturated carbocycles. The Balaban J connectivity index is 2.34. The van der Waals surface area contributed by atoms with Crippen molar-refractivity contribution in [1.29, 1.82) is 5.26 Å². The third-order valence-electron chi connectivity index (χ3n) is 3.40. The fraction of sp³-hybridized carbons (Fsp3) is 0.727. The molecule has 1 fully saturated rings. The fourth-order valence-corrected chi connectivity index (χ4v) is 2.45. The number of aromatic amines is 1. The van der Waals surface area contributed by atoms with E-state index in [9.17, 15) is 10.1 Å². The second kappa shape index (κ2) is 4.52. The van der Waals surface area contributed by atoms with Crippen molar-refractivity contribution in [3.05, 3.63) is 16.8 Å². The van der Waals surface area contributed by atoms with Crippen LogP contribution in [-0.2, 0) is 5.54 Å². The van der Waals surface area contributed by atoms with Crippen LogP contribution in [0, 0.1) is 11.3 Å². The highest BCUT2D eigenvalue weighted by Gasteiger charge is 2.33. The lowest BCUT2D eigenvalue weighted by molar-refractivity contribution is 0.280. The first-order valence-corrected chi connectivity index (χ1v) is 5.82. The molecule has 0 aromatic carbocycles. The van der Waals surface area contributed by atoms with Gasteiger partial charge >= 0.3 is 5.69 Å². The maximum atomic E-state index is 11.6. The molecule has 5 nitrogen and oxygen atoms in total. The number of hydrogen-bond donors (Lipinski definition) is 1. The van der Waals surface area contributed by atoms with Gasteiger partial charge in [0.25, 0.3) is 0 Å². The predicted molar refractivity (Wildman–Crippen MR) is 58.8 cm³/mol. The van der Waals surface area contributed by atoms with Gasteiger partial charge in [-0.25, -0.2) is 9.89 Å². The molecular formula is C11H16N4O.